The lowest BCUT2D eigenvalue weighted by Gasteiger charge is -2.27. The number of benzene rings is 1. The lowest BCUT2D eigenvalue weighted by Crippen LogP contribution is -2.55. The van der Waals surface area contributed by atoms with Crippen molar-refractivity contribution < 1.29 is 41.3 Å². The number of nitrogens with one attached hydrogen (secondary N) is 3. The normalized spacial score (nSPS) is 29.9. The minimum absolute atomic E-state index is 0. The van der Waals surface area contributed by atoms with Gasteiger partial charge in [-0.25, -0.2) is 13.2 Å². The minimum Gasteiger partial charge on any atom is -0.495 e. The van der Waals surface area contributed by atoms with Gasteiger partial charge in [0.15, 0.2) is 0 Å². The summed E-state index contributed by atoms with van der Waals surface area (Å²) >= 11 is 0. The van der Waals surface area contributed by atoms with Gasteiger partial charge >= 0.3 is 6.09 Å². The zero-order chi connectivity index (χ0) is 32.6. The average Bonchev–Trinajstić information content (AvgIpc) is 3.88. The molecule has 13 nitrogen and oxygen atoms in total. The first kappa shape index (κ1) is 32.3. The van der Waals surface area contributed by atoms with Crippen LogP contribution in [0.15, 0.2) is 30.4 Å². The predicted molar refractivity (Wildman–Crippen MR) is 168 cm³/mol. The molecule has 248 valence electrons. The van der Waals surface area contributed by atoms with Crippen LogP contribution in [0.4, 0.5) is 10.5 Å². The van der Waals surface area contributed by atoms with E-state index in [2.05, 4.69) is 15.4 Å². The first-order chi connectivity index (χ1) is 21.3. The van der Waals surface area contributed by atoms with Gasteiger partial charge in [-0.15, -0.1) is 0 Å². The molecule has 0 saturated heterocycles. The summed E-state index contributed by atoms with van der Waals surface area (Å²) in [5.41, 5.74) is -0.942. The van der Waals surface area contributed by atoms with E-state index in [1.54, 1.807) is 18.9 Å². The highest BCUT2D eigenvalue weighted by Gasteiger charge is 2.63. The Morgan fingerprint density at radius 2 is 1.91 bits per heavy atom. The lowest BCUT2D eigenvalue weighted by atomic mass is 9.93. The standard InChI is InChI=1S/C31H39N5O8S.3H2/c1-30(11-12-30)45(41,42)35-28(39)31-17-20(31)8-6-4-5-7-13-36(2)27(38)23-16-21(15-22(23)26(37)34-31)44-29(40)33-24-14-19(18-32)9-10-25(24)43-3;;;/h6,8-10,14,20-23H,4-5,7,11-13,15-17H2,1-3H3,(H,33,40)(H,34,37)(H,35,39);3*1H/b8-6-;;;/t20-,21-,22-,23-,31-;;;/m1.../s1. The van der Waals surface area contributed by atoms with Gasteiger partial charge in [0, 0.05) is 23.8 Å². The van der Waals surface area contributed by atoms with Crippen molar-refractivity contribution in [2.24, 2.45) is 17.8 Å². The summed E-state index contributed by atoms with van der Waals surface area (Å²) in [5, 5.41) is 14.6. The number of ether oxygens (including phenoxy) is 2. The highest BCUT2D eigenvalue weighted by atomic mass is 32.2. The van der Waals surface area contributed by atoms with E-state index in [0.717, 1.165) is 12.8 Å². The molecule has 5 atom stereocenters. The molecular formula is C31H45N5O8S. The Labute approximate surface area is 267 Å². The van der Waals surface area contributed by atoms with Gasteiger partial charge in [-0.2, -0.15) is 5.26 Å². The van der Waals surface area contributed by atoms with Crippen molar-refractivity contribution in [1.29, 1.82) is 5.26 Å². The van der Waals surface area contributed by atoms with Crippen LogP contribution in [0.1, 0.15) is 68.1 Å². The molecule has 3 aliphatic carbocycles. The molecule has 45 heavy (non-hydrogen) atoms. The van der Waals surface area contributed by atoms with E-state index in [0.29, 0.717) is 37.1 Å². The second-order valence-electron chi connectivity index (χ2n) is 12.7. The van der Waals surface area contributed by atoms with Crippen LogP contribution in [-0.2, 0) is 29.1 Å². The third kappa shape index (κ3) is 6.63. The van der Waals surface area contributed by atoms with Crippen molar-refractivity contribution in [1.82, 2.24) is 14.9 Å². The molecule has 1 heterocycles. The van der Waals surface area contributed by atoms with Gasteiger partial charge in [-0.1, -0.05) is 12.2 Å². The van der Waals surface area contributed by atoms with E-state index < -0.39 is 62.1 Å². The number of methoxy groups -OCH3 is 1. The Hall–Kier alpha value is -4.12. The van der Waals surface area contributed by atoms with Crippen LogP contribution < -0.4 is 20.1 Å². The highest BCUT2D eigenvalue weighted by molar-refractivity contribution is 7.91. The number of nitrogens with zero attached hydrogens (tertiary/aromatic N) is 2. The molecule has 1 aromatic rings. The Bertz CT molecular complexity index is 1580. The maximum absolute atomic E-state index is 13.9. The van der Waals surface area contributed by atoms with Crippen LogP contribution in [0.2, 0.25) is 0 Å². The molecule has 3 N–H and O–H groups in total. The summed E-state index contributed by atoms with van der Waals surface area (Å²) in [5.74, 6) is -3.47. The summed E-state index contributed by atoms with van der Waals surface area (Å²) in [7, 11) is -0.856. The summed E-state index contributed by atoms with van der Waals surface area (Å²) in [6, 6.07) is 6.51. The highest BCUT2D eigenvalue weighted by Crippen LogP contribution is 2.48. The summed E-state index contributed by atoms with van der Waals surface area (Å²) in [6.07, 6.45) is 5.59. The van der Waals surface area contributed by atoms with E-state index in [9.17, 15) is 32.9 Å². The topological polar surface area (TPSA) is 184 Å². The van der Waals surface area contributed by atoms with E-state index in [4.69, 9.17) is 9.47 Å². The number of sulfonamides is 1. The van der Waals surface area contributed by atoms with Gasteiger partial charge < -0.3 is 19.7 Å². The monoisotopic (exact) mass is 647 g/mol. The van der Waals surface area contributed by atoms with Crippen molar-refractivity contribution >= 4 is 39.5 Å². The molecule has 3 saturated carbocycles. The fourth-order valence-corrected chi connectivity index (χ4v) is 7.47. The number of allylic oxidation sites excluding steroid dienone is 1. The molecule has 4 aliphatic rings. The van der Waals surface area contributed by atoms with Crippen LogP contribution in [0, 0.1) is 29.1 Å². The molecule has 0 aromatic heterocycles. The summed E-state index contributed by atoms with van der Waals surface area (Å²) in [6.45, 7) is 2.07. The van der Waals surface area contributed by atoms with Crippen LogP contribution in [0.25, 0.3) is 0 Å². The second-order valence-corrected chi connectivity index (χ2v) is 14.9. The van der Waals surface area contributed by atoms with E-state index >= 15 is 0 Å². The van der Waals surface area contributed by atoms with Gasteiger partial charge in [-0.05, 0) is 76.5 Å². The zero-order valence-electron chi connectivity index (χ0n) is 25.6. The van der Waals surface area contributed by atoms with E-state index in [-0.39, 0.29) is 35.1 Å². The number of anilines is 1. The first-order valence-electron chi connectivity index (χ1n) is 15.2. The largest absolute Gasteiger partial charge is 0.495 e. The zero-order valence-corrected chi connectivity index (χ0v) is 26.4. The molecule has 0 radical (unpaired) electrons. The van der Waals surface area contributed by atoms with Crippen LogP contribution in [0.5, 0.6) is 5.75 Å². The van der Waals surface area contributed by atoms with Gasteiger partial charge in [-0.3, -0.25) is 24.4 Å². The predicted octanol–water partition coefficient (Wildman–Crippen LogP) is 3.32. The first-order valence-corrected chi connectivity index (χ1v) is 16.7. The van der Waals surface area contributed by atoms with Gasteiger partial charge in [0.05, 0.1) is 41.0 Å². The molecule has 5 rings (SSSR count). The minimum atomic E-state index is -3.94. The number of carbonyl (C=O) groups excluding carboxylic acids is 4. The molecule has 4 amide bonds. The van der Waals surface area contributed by atoms with Crippen LogP contribution in [-0.4, -0.2) is 74.2 Å². The Morgan fingerprint density at radius 3 is 2.60 bits per heavy atom. The fourth-order valence-electron chi connectivity index (χ4n) is 6.16. The van der Waals surface area contributed by atoms with Gasteiger partial charge in [0.25, 0.3) is 5.91 Å². The number of nitriles is 1. The Balaban J connectivity index is 0.00000267. The van der Waals surface area contributed by atoms with Crippen LogP contribution in [0.3, 0.4) is 0 Å². The van der Waals surface area contributed by atoms with Gasteiger partial charge in [0.1, 0.15) is 17.4 Å². The van der Waals surface area contributed by atoms with Gasteiger partial charge in [0.2, 0.25) is 21.8 Å². The number of hydrogen-bond donors (Lipinski definition) is 3. The summed E-state index contributed by atoms with van der Waals surface area (Å²) < 4.78 is 37.9. The van der Waals surface area contributed by atoms with Crippen molar-refractivity contribution in [3.8, 4) is 11.8 Å². The number of amides is 4. The maximum atomic E-state index is 13.9. The fraction of sp³-hybridized carbons (Fsp3) is 0.581. The SMILES string of the molecule is COc1ccc(C#N)cc1NC(=O)O[C@@H]1C[C@H]2C(=O)N[C@]3(C(=O)NS(=O)(=O)C4(C)CC4)C[C@H]3/C=C\CCCCN(C)C(=O)[C@@H]2C1.[HH].[HH].[HH]. The van der Waals surface area contributed by atoms with Crippen molar-refractivity contribution in [3.05, 3.63) is 35.9 Å². The van der Waals surface area contributed by atoms with Crippen molar-refractivity contribution in [2.75, 3.05) is 26.0 Å². The molecule has 1 aromatic carbocycles. The molecule has 3 fully saturated rings. The smallest absolute Gasteiger partial charge is 0.412 e. The quantitative estimate of drug-likeness (QED) is 0.390. The van der Waals surface area contributed by atoms with Crippen molar-refractivity contribution in [2.45, 2.75) is 74.7 Å². The molecule has 0 bridgehead atoms. The number of fused-ring (bicyclic) bond motifs is 2. The molecule has 1 aliphatic heterocycles. The number of hydrogen-bond acceptors (Lipinski definition) is 9. The molecular weight excluding hydrogens is 602 g/mol. The van der Waals surface area contributed by atoms with E-state index in [1.165, 1.54) is 25.3 Å². The average molecular weight is 648 g/mol. The number of carbonyl (C=O) groups is 4. The van der Waals surface area contributed by atoms with E-state index in [1.807, 2.05) is 18.2 Å². The molecule has 14 heteroatoms. The second kappa shape index (κ2) is 12.3. The lowest BCUT2D eigenvalue weighted by molar-refractivity contribution is -0.140. The summed E-state index contributed by atoms with van der Waals surface area (Å²) in [4.78, 5) is 55.5. The van der Waals surface area contributed by atoms with Crippen molar-refractivity contribution in [3.63, 3.8) is 0 Å². The number of rotatable bonds is 6. The molecule has 0 unspecified atom stereocenters. The van der Waals surface area contributed by atoms with Crippen LogP contribution >= 0.6 is 0 Å². The third-order valence-corrected chi connectivity index (χ3v) is 11.6. The Kier molecular flexibility index (Phi) is 8.86. The third-order valence-electron chi connectivity index (χ3n) is 9.47. The Morgan fingerprint density at radius 1 is 1.18 bits per heavy atom. The molecule has 0 spiro atoms. The maximum Gasteiger partial charge on any atom is 0.412 e.